The number of hydrogen-bond acceptors (Lipinski definition) is 2. The fraction of sp³-hybridized carbons (Fsp3) is 0.294. The summed E-state index contributed by atoms with van der Waals surface area (Å²) < 4.78 is 0. The lowest BCUT2D eigenvalue weighted by Gasteiger charge is -2.25. The van der Waals surface area contributed by atoms with Crippen LogP contribution in [0.25, 0.3) is 0 Å². The van der Waals surface area contributed by atoms with Crippen LogP contribution in [0, 0.1) is 13.8 Å². The second-order valence-electron chi connectivity index (χ2n) is 5.13. The van der Waals surface area contributed by atoms with Gasteiger partial charge >= 0.3 is 0 Å². The Morgan fingerprint density at radius 3 is 2.55 bits per heavy atom. The molecule has 2 rings (SSSR count). The Morgan fingerprint density at radius 1 is 1.15 bits per heavy atom. The lowest BCUT2D eigenvalue weighted by molar-refractivity contribution is 0.816. The van der Waals surface area contributed by atoms with E-state index in [2.05, 4.69) is 55.4 Å². The summed E-state index contributed by atoms with van der Waals surface area (Å²) in [5.74, 6) is 0. The molecule has 106 valence electrons. The van der Waals surface area contributed by atoms with Gasteiger partial charge in [-0.05, 0) is 44.2 Å². The van der Waals surface area contributed by atoms with E-state index in [1.54, 1.807) is 0 Å². The van der Waals surface area contributed by atoms with Crippen LogP contribution in [-0.2, 0) is 6.54 Å². The number of aryl methyl sites for hydroxylation is 2. The highest BCUT2D eigenvalue weighted by atomic mass is 35.5. The summed E-state index contributed by atoms with van der Waals surface area (Å²) in [7, 11) is 4.01. The largest absolute Gasteiger partial charge is 0.343 e. The quantitative estimate of drug-likeness (QED) is 0.894. The van der Waals surface area contributed by atoms with Crippen molar-refractivity contribution in [2.24, 2.45) is 0 Å². The first kappa shape index (κ1) is 14.9. The molecule has 0 aromatic heterocycles. The maximum Gasteiger partial charge on any atom is 0.0646 e. The van der Waals surface area contributed by atoms with E-state index in [0.717, 1.165) is 17.3 Å². The molecule has 0 unspecified atom stereocenters. The van der Waals surface area contributed by atoms with Gasteiger partial charge in [-0.2, -0.15) is 0 Å². The van der Waals surface area contributed by atoms with Gasteiger partial charge in [0.15, 0.2) is 0 Å². The van der Waals surface area contributed by atoms with Crippen molar-refractivity contribution < 1.29 is 0 Å². The maximum absolute atomic E-state index is 6.42. The van der Waals surface area contributed by atoms with Crippen molar-refractivity contribution in [3.63, 3.8) is 0 Å². The molecule has 2 aromatic rings. The van der Waals surface area contributed by atoms with Crippen LogP contribution in [0.4, 0.5) is 11.4 Å². The van der Waals surface area contributed by atoms with E-state index in [-0.39, 0.29) is 0 Å². The van der Waals surface area contributed by atoms with Crippen LogP contribution in [0.3, 0.4) is 0 Å². The van der Waals surface area contributed by atoms with Crippen LogP contribution in [0.15, 0.2) is 36.4 Å². The Kier molecular flexibility index (Phi) is 4.69. The Balaban J connectivity index is 2.49. The smallest absolute Gasteiger partial charge is 0.0646 e. The number of benzene rings is 2. The van der Waals surface area contributed by atoms with Gasteiger partial charge in [-0.3, -0.25) is 0 Å². The molecule has 0 saturated carbocycles. The normalized spacial score (nSPS) is 10.7. The van der Waals surface area contributed by atoms with E-state index < -0.39 is 0 Å². The minimum atomic E-state index is 0.778. The molecule has 0 amide bonds. The second kappa shape index (κ2) is 6.29. The van der Waals surface area contributed by atoms with Crippen molar-refractivity contribution >= 4 is 23.0 Å². The van der Waals surface area contributed by atoms with E-state index in [1.165, 1.54) is 22.4 Å². The molecule has 0 spiro atoms. The van der Waals surface area contributed by atoms with Gasteiger partial charge in [-0.1, -0.05) is 41.4 Å². The van der Waals surface area contributed by atoms with Crippen molar-refractivity contribution in [3.8, 4) is 0 Å². The monoisotopic (exact) mass is 288 g/mol. The number of para-hydroxylation sites is 1. The van der Waals surface area contributed by atoms with Crippen molar-refractivity contribution in [2.45, 2.75) is 20.4 Å². The molecule has 0 aliphatic heterocycles. The molecule has 0 bridgehead atoms. The third-order valence-electron chi connectivity index (χ3n) is 3.49. The van der Waals surface area contributed by atoms with Gasteiger partial charge in [0.2, 0.25) is 0 Å². The van der Waals surface area contributed by atoms with Crippen LogP contribution in [-0.4, -0.2) is 14.1 Å². The number of rotatable bonds is 4. The average molecular weight is 289 g/mol. The van der Waals surface area contributed by atoms with Crippen LogP contribution >= 0.6 is 11.6 Å². The second-order valence-corrected chi connectivity index (χ2v) is 5.53. The highest BCUT2D eigenvalue weighted by molar-refractivity contribution is 6.33. The molecule has 0 saturated heterocycles. The van der Waals surface area contributed by atoms with Crippen LogP contribution in [0.5, 0.6) is 0 Å². The topological polar surface area (TPSA) is 15.3 Å². The summed E-state index contributed by atoms with van der Waals surface area (Å²) in [4.78, 5) is 2.17. The Hall–Kier alpha value is -1.51. The fourth-order valence-electron chi connectivity index (χ4n) is 2.57. The van der Waals surface area contributed by atoms with Crippen molar-refractivity contribution in [1.82, 2.24) is 5.32 Å². The lowest BCUT2D eigenvalue weighted by Crippen LogP contribution is -2.16. The first-order valence-corrected chi connectivity index (χ1v) is 7.15. The first-order valence-electron chi connectivity index (χ1n) is 6.77. The molecule has 2 aromatic carbocycles. The molecular formula is C17H21ClN2. The minimum Gasteiger partial charge on any atom is -0.343 e. The predicted molar refractivity (Wildman–Crippen MR) is 88.2 cm³/mol. The van der Waals surface area contributed by atoms with Crippen LogP contribution in [0.1, 0.15) is 16.7 Å². The van der Waals surface area contributed by atoms with Crippen molar-refractivity contribution in [2.75, 3.05) is 19.0 Å². The van der Waals surface area contributed by atoms with Crippen LogP contribution < -0.4 is 10.2 Å². The zero-order valence-electron chi connectivity index (χ0n) is 12.5. The Bertz CT molecular complexity index is 608. The Labute approximate surface area is 126 Å². The minimum absolute atomic E-state index is 0.778. The van der Waals surface area contributed by atoms with E-state index in [4.69, 9.17) is 11.6 Å². The molecule has 0 heterocycles. The summed E-state index contributed by atoms with van der Waals surface area (Å²) in [6.45, 7) is 5.04. The number of halogens is 1. The average Bonchev–Trinajstić information content (AvgIpc) is 2.38. The lowest BCUT2D eigenvalue weighted by atomic mass is 10.1. The van der Waals surface area contributed by atoms with Gasteiger partial charge in [0.1, 0.15) is 0 Å². The molecule has 0 aliphatic carbocycles. The molecule has 20 heavy (non-hydrogen) atoms. The van der Waals surface area contributed by atoms with Crippen molar-refractivity contribution in [1.29, 1.82) is 0 Å². The third kappa shape index (κ3) is 2.97. The molecule has 0 aliphatic rings. The van der Waals surface area contributed by atoms with Gasteiger partial charge in [0.05, 0.1) is 10.7 Å². The maximum atomic E-state index is 6.42. The highest BCUT2D eigenvalue weighted by Crippen LogP contribution is 2.35. The molecule has 0 atom stereocenters. The molecule has 3 heteroatoms. The zero-order chi connectivity index (χ0) is 14.7. The van der Waals surface area contributed by atoms with E-state index in [0.29, 0.717) is 0 Å². The molecular weight excluding hydrogens is 268 g/mol. The number of anilines is 2. The molecule has 1 N–H and O–H groups in total. The molecule has 2 nitrogen and oxygen atoms in total. The first-order chi connectivity index (χ1) is 9.54. The van der Waals surface area contributed by atoms with E-state index >= 15 is 0 Å². The molecule has 0 fully saturated rings. The molecule has 0 radical (unpaired) electrons. The summed E-state index contributed by atoms with van der Waals surface area (Å²) in [6.07, 6.45) is 0. The summed E-state index contributed by atoms with van der Waals surface area (Å²) in [6, 6.07) is 12.5. The van der Waals surface area contributed by atoms with Gasteiger partial charge in [-0.15, -0.1) is 0 Å². The number of nitrogens with zero attached hydrogens (tertiary/aromatic N) is 1. The van der Waals surface area contributed by atoms with Gasteiger partial charge in [0.25, 0.3) is 0 Å². The van der Waals surface area contributed by atoms with E-state index in [1.807, 2.05) is 19.2 Å². The summed E-state index contributed by atoms with van der Waals surface area (Å²) in [5, 5.41) is 3.97. The van der Waals surface area contributed by atoms with Crippen LogP contribution in [0.2, 0.25) is 5.02 Å². The Morgan fingerprint density at radius 2 is 1.90 bits per heavy atom. The van der Waals surface area contributed by atoms with Gasteiger partial charge in [-0.25, -0.2) is 0 Å². The van der Waals surface area contributed by atoms with Gasteiger partial charge < -0.3 is 10.2 Å². The van der Waals surface area contributed by atoms with Crippen molar-refractivity contribution in [3.05, 3.63) is 58.1 Å². The predicted octanol–water partition coefficient (Wildman–Crippen LogP) is 4.44. The standard InChI is InChI=1S/C17H21ClN2/c1-12-8-9-16(13(2)10-12)20(4)17-14(11-19-3)6-5-7-15(17)18/h5-10,19H,11H2,1-4H3. The zero-order valence-corrected chi connectivity index (χ0v) is 13.3. The summed E-state index contributed by atoms with van der Waals surface area (Å²) in [5.41, 5.74) is 5.97. The number of nitrogens with one attached hydrogen (secondary N) is 1. The third-order valence-corrected chi connectivity index (χ3v) is 3.79. The van der Waals surface area contributed by atoms with Gasteiger partial charge in [0, 0.05) is 19.3 Å². The summed E-state index contributed by atoms with van der Waals surface area (Å²) >= 11 is 6.42. The van der Waals surface area contributed by atoms with E-state index in [9.17, 15) is 0 Å². The number of hydrogen-bond donors (Lipinski definition) is 1. The fourth-order valence-corrected chi connectivity index (χ4v) is 2.89. The SMILES string of the molecule is CNCc1cccc(Cl)c1N(C)c1ccc(C)cc1C. The highest BCUT2D eigenvalue weighted by Gasteiger charge is 2.14.